The monoisotopic (exact) mass is 432 g/mol. The predicted molar refractivity (Wildman–Crippen MR) is 122 cm³/mol. The minimum Gasteiger partial charge on any atom is -0.504 e. The number of nitrogens with one attached hydrogen (secondary N) is 1. The summed E-state index contributed by atoms with van der Waals surface area (Å²) < 4.78 is 16.2. The SMILES string of the molecule is Cn1cc2cc(-c3ccc4cc(N5CCC(NCC6CC6)C5)cnc4n3)c(O)c(F)c2n1. The third-order valence-electron chi connectivity index (χ3n) is 6.58. The van der Waals surface area contributed by atoms with Crippen molar-refractivity contribution in [2.24, 2.45) is 13.0 Å². The summed E-state index contributed by atoms with van der Waals surface area (Å²) in [5.41, 5.74) is 2.62. The molecule has 1 unspecified atom stereocenters. The lowest BCUT2D eigenvalue weighted by molar-refractivity contribution is 0.437. The number of aromatic hydroxyl groups is 1. The first kappa shape index (κ1) is 19.4. The number of hydrogen-bond donors (Lipinski definition) is 2. The lowest BCUT2D eigenvalue weighted by atomic mass is 10.1. The van der Waals surface area contributed by atoms with Crippen molar-refractivity contribution in [1.82, 2.24) is 25.1 Å². The van der Waals surface area contributed by atoms with Gasteiger partial charge in [0.1, 0.15) is 5.52 Å². The molecular formula is C24H25FN6O. The Morgan fingerprint density at radius 3 is 2.91 bits per heavy atom. The summed E-state index contributed by atoms with van der Waals surface area (Å²) in [6.45, 7) is 3.14. The molecule has 32 heavy (non-hydrogen) atoms. The Bertz CT molecular complexity index is 1330. The van der Waals surface area contributed by atoms with Crippen molar-refractivity contribution in [2.75, 3.05) is 24.5 Å². The Labute approximate surface area is 184 Å². The van der Waals surface area contributed by atoms with Gasteiger partial charge in [-0.1, -0.05) is 0 Å². The number of hydrogen-bond acceptors (Lipinski definition) is 6. The number of fused-ring (bicyclic) bond motifs is 2. The van der Waals surface area contributed by atoms with Gasteiger partial charge in [-0.25, -0.2) is 14.4 Å². The molecule has 0 spiro atoms. The van der Waals surface area contributed by atoms with Gasteiger partial charge in [0.15, 0.2) is 17.2 Å². The normalized spacial score (nSPS) is 18.8. The molecule has 4 aromatic rings. The van der Waals surface area contributed by atoms with Crippen LogP contribution in [0.4, 0.5) is 10.1 Å². The van der Waals surface area contributed by atoms with Crippen LogP contribution >= 0.6 is 0 Å². The van der Waals surface area contributed by atoms with Gasteiger partial charge < -0.3 is 15.3 Å². The van der Waals surface area contributed by atoms with Gasteiger partial charge in [-0.15, -0.1) is 0 Å². The third kappa shape index (κ3) is 3.44. The van der Waals surface area contributed by atoms with Crippen molar-refractivity contribution in [3.05, 3.63) is 42.5 Å². The molecule has 2 fully saturated rings. The molecule has 1 atom stereocenters. The fourth-order valence-electron chi connectivity index (χ4n) is 4.57. The van der Waals surface area contributed by atoms with Crippen LogP contribution < -0.4 is 10.2 Å². The molecular weight excluding hydrogens is 407 g/mol. The Hall–Kier alpha value is -3.26. The summed E-state index contributed by atoms with van der Waals surface area (Å²) in [5.74, 6) is -0.290. The summed E-state index contributed by atoms with van der Waals surface area (Å²) in [4.78, 5) is 11.5. The van der Waals surface area contributed by atoms with Crippen LogP contribution in [0.15, 0.2) is 36.7 Å². The van der Waals surface area contributed by atoms with Crippen molar-refractivity contribution < 1.29 is 9.50 Å². The molecule has 164 valence electrons. The van der Waals surface area contributed by atoms with Gasteiger partial charge in [0.2, 0.25) is 0 Å². The second-order valence-corrected chi connectivity index (χ2v) is 9.05. The maximum absolute atomic E-state index is 14.7. The van der Waals surface area contributed by atoms with Crippen LogP contribution in [0.2, 0.25) is 0 Å². The fourth-order valence-corrected chi connectivity index (χ4v) is 4.57. The van der Waals surface area contributed by atoms with Crippen LogP contribution in [0, 0.1) is 11.7 Å². The molecule has 1 aromatic carbocycles. The second kappa shape index (κ2) is 7.41. The molecule has 1 saturated heterocycles. The molecule has 1 aliphatic carbocycles. The van der Waals surface area contributed by atoms with Crippen LogP contribution in [0.5, 0.6) is 5.75 Å². The summed E-state index contributed by atoms with van der Waals surface area (Å²) in [7, 11) is 1.72. The Balaban J connectivity index is 1.28. The topological polar surface area (TPSA) is 79.1 Å². The molecule has 6 rings (SSSR count). The van der Waals surface area contributed by atoms with Gasteiger partial charge in [-0.05, 0) is 56.0 Å². The molecule has 0 bridgehead atoms. The number of halogens is 1. The van der Waals surface area contributed by atoms with Crippen LogP contribution in [-0.4, -0.2) is 50.5 Å². The number of aromatic nitrogens is 4. The van der Waals surface area contributed by atoms with Crippen LogP contribution in [-0.2, 0) is 7.05 Å². The molecule has 1 saturated carbocycles. The molecule has 7 nitrogen and oxygen atoms in total. The van der Waals surface area contributed by atoms with Gasteiger partial charge in [-0.3, -0.25) is 4.68 Å². The van der Waals surface area contributed by atoms with E-state index in [9.17, 15) is 9.50 Å². The zero-order valence-electron chi connectivity index (χ0n) is 17.9. The standard InChI is InChI=1S/C24H25FN6O/c1-30-12-16-9-19(23(32)21(25)22(16)29-30)20-5-4-15-8-18(11-27-24(15)28-20)31-7-6-17(13-31)26-10-14-2-3-14/h4-5,8-9,11-12,14,17,26,32H,2-3,6-7,10,13H2,1H3. The van der Waals surface area contributed by atoms with Gasteiger partial charge in [-0.2, -0.15) is 5.10 Å². The van der Waals surface area contributed by atoms with Crippen molar-refractivity contribution in [1.29, 1.82) is 0 Å². The Morgan fingerprint density at radius 1 is 1.19 bits per heavy atom. The van der Waals surface area contributed by atoms with Gasteiger partial charge >= 0.3 is 0 Å². The number of anilines is 1. The van der Waals surface area contributed by atoms with E-state index in [-0.39, 0.29) is 5.52 Å². The fraction of sp³-hybridized carbons (Fsp3) is 0.375. The zero-order chi connectivity index (χ0) is 21.8. The van der Waals surface area contributed by atoms with E-state index in [1.807, 2.05) is 12.3 Å². The molecule has 0 amide bonds. The average molecular weight is 433 g/mol. The maximum Gasteiger partial charge on any atom is 0.193 e. The van der Waals surface area contributed by atoms with E-state index in [0.717, 1.165) is 43.0 Å². The maximum atomic E-state index is 14.7. The first-order valence-corrected chi connectivity index (χ1v) is 11.2. The summed E-state index contributed by atoms with van der Waals surface area (Å²) in [6, 6.07) is 8.08. The minimum atomic E-state index is -0.734. The van der Waals surface area contributed by atoms with Crippen molar-refractivity contribution in [2.45, 2.75) is 25.3 Å². The number of benzene rings is 1. The lowest BCUT2D eigenvalue weighted by Gasteiger charge is -2.19. The van der Waals surface area contributed by atoms with Gasteiger partial charge in [0.05, 0.1) is 17.6 Å². The Morgan fingerprint density at radius 2 is 2.06 bits per heavy atom. The molecule has 4 heterocycles. The highest BCUT2D eigenvalue weighted by molar-refractivity contribution is 5.89. The van der Waals surface area contributed by atoms with E-state index >= 15 is 0 Å². The molecule has 1 aliphatic heterocycles. The number of phenolic OH excluding ortho intramolecular Hbond substituents is 1. The van der Waals surface area contributed by atoms with Crippen molar-refractivity contribution in [3.8, 4) is 17.0 Å². The summed E-state index contributed by atoms with van der Waals surface area (Å²) >= 11 is 0. The van der Waals surface area contributed by atoms with E-state index in [0.29, 0.717) is 28.3 Å². The van der Waals surface area contributed by atoms with Gasteiger partial charge in [0.25, 0.3) is 0 Å². The molecule has 0 radical (unpaired) electrons. The van der Waals surface area contributed by atoms with Crippen LogP contribution in [0.25, 0.3) is 33.2 Å². The summed E-state index contributed by atoms with van der Waals surface area (Å²) in [5, 5.41) is 19.7. The number of pyridine rings is 2. The highest BCUT2D eigenvalue weighted by atomic mass is 19.1. The van der Waals surface area contributed by atoms with Crippen molar-refractivity contribution in [3.63, 3.8) is 0 Å². The first-order valence-electron chi connectivity index (χ1n) is 11.2. The molecule has 8 heteroatoms. The van der Waals surface area contributed by atoms with E-state index in [4.69, 9.17) is 0 Å². The average Bonchev–Trinajstić information content (AvgIpc) is 3.37. The third-order valence-corrected chi connectivity index (χ3v) is 6.58. The largest absolute Gasteiger partial charge is 0.504 e. The zero-order valence-corrected chi connectivity index (χ0v) is 17.9. The number of aryl methyl sites for hydroxylation is 1. The highest BCUT2D eigenvalue weighted by Gasteiger charge is 2.26. The molecule has 2 aliphatic rings. The molecule has 2 N–H and O–H groups in total. The second-order valence-electron chi connectivity index (χ2n) is 9.05. The summed E-state index contributed by atoms with van der Waals surface area (Å²) in [6.07, 6.45) is 7.45. The van der Waals surface area contributed by atoms with Crippen LogP contribution in [0.3, 0.4) is 0 Å². The smallest absolute Gasteiger partial charge is 0.193 e. The predicted octanol–water partition coefficient (Wildman–Crippen LogP) is 3.61. The number of nitrogens with zero attached hydrogens (tertiary/aromatic N) is 5. The number of phenols is 1. The quantitative estimate of drug-likeness (QED) is 0.502. The lowest BCUT2D eigenvalue weighted by Crippen LogP contribution is -2.33. The van der Waals surface area contributed by atoms with E-state index < -0.39 is 11.6 Å². The number of rotatable bonds is 5. The van der Waals surface area contributed by atoms with Gasteiger partial charge in [0, 0.05) is 48.7 Å². The van der Waals surface area contributed by atoms with E-state index in [1.165, 1.54) is 17.5 Å². The van der Waals surface area contributed by atoms with E-state index in [1.54, 1.807) is 25.4 Å². The minimum absolute atomic E-state index is 0.146. The molecule has 3 aromatic heterocycles. The highest BCUT2D eigenvalue weighted by Crippen LogP contribution is 2.36. The van der Waals surface area contributed by atoms with E-state index in [2.05, 4.69) is 31.3 Å². The first-order chi connectivity index (χ1) is 15.5. The van der Waals surface area contributed by atoms with Crippen LogP contribution in [0.1, 0.15) is 19.3 Å². The Kier molecular flexibility index (Phi) is 4.50. The van der Waals surface area contributed by atoms with Crippen molar-refractivity contribution >= 4 is 27.6 Å².